The highest BCUT2D eigenvalue weighted by Crippen LogP contribution is 2.38. The monoisotopic (exact) mass is 577 g/mol. The zero-order chi connectivity index (χ0) is 28.9. The summed E-state index contributed by atoms with van der Waals surface area (Å²) in [6.07, 6.45) is -0.235. The largest absolute Gasteiger partial charge is 0.422 e. The van der Waals surface area contributed by atoms with Crippen molar-refractivity contribution in [1.82, 2.24) is 10.2 Å². The van der Waals surface area contributed by atoms with Gasteiger partial charge in [-0.1, -0.05) is 49.2 Å². The van der Waals surface area contributed by atoms with Gasteiger partial charge < -0.3 is 25.0 Å². The first-order valence-electron chi connectivity index (χ1n) is 12.7. The van der Waals surface area contributed by atoms with E-state index in [1.807, 2.05) is 39.1 Å². The number of halogens is 2. The van der Waals surface area contributed by atoms with Gasteiger partial charge in [0.25, 0.3) is 5.79 Å². The smallest absolute Gasteiger partial charge is 0.331 e. The van der Waals surface area contributed by atoms with Gasteiger partial charge in [-0.25, -0.2) is 4.79 Å². The van der Waals surface area contributed by atoms with E-state index in [1.54, 1.807) is 18.2 Å². The van der Waals surface area contributed by atoms with E-state index in [1.165, 1.54) is 13.8 Å². The summed E-state index contributed by atoms with van der Waals surface area (Å²) in [7, 11) is 2.03. The van der Waals surface area contributed by atoms with Gasteiger partial charge in [-0.2, -0.15) is 0 Å². The van der Waals surface area contributed by atoms with E-state index in [0.717, 1.165) is 29.8 Å². The fourth-order valence-electron chi connectivity index (χ4n) is 4.53. The van der Waals surface area contributed by atoms with Crippen LogP contribution in [0.2, 0.25) is 10.0 Å². The Morgan fingerprint density at radius 1 is 1.05 bits per heavy atom. The molecule has 1 unspecified atom stereocenters. The summed E-state index contributed by atoms with van der Waals surface area (Å²) in [6.45, 7) is 8.27. The maximum atomic E-state index is 12.3. The number of amides is 2. The van der Waals surface area contributed by atoms with Gasteiger partial charge in [-0.15, -0.1) is 0 Å². The molecule has 2 aromatic rings. The van der Waals surface area contributed by atoms with E-state index >= 15 is 0 Å². The summed E-state index contributed by atoms with van der Waals surface area (Å²) < 4.78 is 9.91. The van der Waals surface area contributed by atoms with Gasteiger partial charge in [-0.05, 0) is 48.0 Å². The van der Waals surface area contributed by atoms with E-state index in [2.05, 4.69) is 15.5 Å². The molecule has 1 fully saturated rings. The maximum absolute atomic E-state index is 12.3. The molecule has 2 aromatic carbocycles. The fraction of sp³-hybridized carbons (Fsp3) is 0.429. The standard InChI is InChI=1S/C26H27Cl2N3O6.C2H6/c1-26(2)36-23(33)22(24(34)37-26)21(32)8-9-29-25(35)30-16-6-4-14(5-7-16)18-12-31(3)13-19-17(18)10-15(27)11-20(19)28;1-2/h4-7,10-11,18,22H,8-9,12-13H2,1-3H3,(H2,29,30,35);1-2H3. The number of cyclic esters (lactones) is 2. The predicted molar refractivity (Wildman–Crippen MR) is 149 cm³/mol. The lowest BCUT2D eigenvalue weighted by atomic mass is 9.85. The Balaban J connectivity index is 0.00000205. The summed E-state index contributed by atoms with van der Waals surface area (Å²) in [5, 5.41) is 6.49. The second-order valence-corrected chi connectivity index (χ2v) is 10.4. The highest BCUT2D eigenvalue weighted by atomic mass is 35.5. The minimum absolute atomic E-state index is 0.0718. The van der Waals surface area contributed by atoms with Gasteiger partial charge in [-0.3, -0.25) is 14.4 Å². The molecule has 4 rings (SSSR count). The second kappa shape index (κ2) is 12.8. The number of fused-ring (bicyclic) bond motifs is 1. The molecule has 2 aliphatic heterocycles. The number of esters is 2. The Kier molecular flexibility index (Phi) is 9.98. The van der Waals surface area contributed by atoms with Gasteiger partial charge in [0.1, 0.15) is 0 Å². The molecule has 0 radical (unpaired) electrons. The van der Waals surface area contributed by atoms with Gasteiger partial charge in [0.05, 0.1) is 0 Å². The molecule has 2 amide bonds. The average molecular weight is 578 g/mol. The number of carbonyl (C=O) groups excluding carboxylic acids is 4. The topological polar surface area (TPSA) is 114 Å². The second-order valence-electron chi connectivity index (χ2n) is 9.60. The Labute approximate surface area is 238 Å². The Morgan fingerprint density at radius 3 is 2.28 bits per heavy atom. The molecule has 9 nitrogen and oxygen atoms in total. The van der Waals surface area contributed by atoms with Crippen LogP contribution in [0.4, 0.5) is 10.5 Å². The number of anilines is 1. The lowest BCUT2D eigenvalue weighted by Crippen LogP contribution is -2.49. The maximum Gasteiger partial charge on any atom is 0.331 e. The predicted octanol–water partition coefficient (Wildman–Crippen LogP) is 5.13. The number of Topliss-reactive ketones (excluding diaryl/α,β-unsaturated/α-hetero) is 1. The van der Waals surface area contributed by atoms with Crippen molar-refractivity contribution in [3.8, 4) is 0 Å². The van der Waals surface area contributed by atoms with Crippen LogP contribution >= 0.6 is 23.2 Å². The molecule has 0 aromatic heterocycles. The van der Waals surface area contributed by atoms with Crippen LogP contribution in [0, 0.1) is 5.92 Å². The van der Waals surface area contributed by atoms with Crippen molar-refractivity contribution < 1.29 is 28.7 Å². The highest BCUT2D eigenvalue weighted by Gasteiger charge is 2.46. The molecule has 210 valence electrons. The van der Waals surface area contributed by atoms with Crippen molar-refractivity contribution in [2.45, 2.75) is 52.4 Å². The molecule has 0 aliphatic carbocycles. The molecule has 1 saturated heterocycles. The van der Waals surface area contributed by atoms with E-state index in [9.17, 15) is 19.2 Å². The van der Waals surface area contributed by atoms with E-state index in [-0.39, 0.29) is 18.9 Å². The van der Waals surface area contributed by atoms with Crippen LogP contribution in [-0.4, -0.2) is 54.6 Å². The molecule has 0 spiro atoms. The van der Waals surface area contributed by atoms with E-state index < -0.39 is 35.5 Å². The lowest BCUT2D eigenvalue weighted by molar-refractivity contribution is -0.238. The minimum atomic E-state index is -1.64. The number of hydrogen-bond acceptors (Lipinski definition) is 7. The molecule has 11 heteroatoms. The van der Waals surface area contributed by atoms with Crippen LogP contribution in [0.5, 0.6) is 0 Å². The molecule has 0 saturated carbocycles. The van der Waals surface area contributed by atoms with Crippen LogP contribution < -0.4 is 10.6 Å². The zero-order valence-corrected chi connectivity index (χ0v) is 24.1. The Bertz CT molecular complexity index is 1230. The summed E-state index contributed by atoms with van der Waals surface area (Å²) in [6, 6.07) is 10.6. The van der Waals surface area contributed by atoms with E-state index in [4.69, 9.17) is 32.7 Å². The average Bonchev–Trinajstić information content (AvgIpc) is 2.84. The lowest BCUT2D eigenvalue weighted by Gasteiger charge is -2.33. The molecular weight excluding hydrogens is 545 g/mol. The first-order chi connectivity index (χ1) is 18.4. The number of likely N-dealkylation sites (N-methyl/N-ethyl adjacent to an activating group) is 1. The summed E-state index contributed by atoms with van der Waals surface area (Å²) in [5.74, 6) is -5.57. The number of ether oxygens (including phenoxy) is 2. The molecule has 0 bridgehead atoms. The Morgan fingerprint density at radius 2 is 1.67 bits per heavy atom. The number of urea groups is 1. The zero-order valence-electron chi connectivity index (χ0n) is 22.6. The van der Waals surface area contributed by atoms with Crippen molar-refractivity contribution in [1.29, 1.82) is 0 Å². The van der Waals surface area contributed by atoms with Crippen LogP contribution in [0.25, 0.3) is 0 Å². The van der Waals surface area contributed by atoms with Crippen LogP contribution in [-0.2, 0) is 30.4 Å². The molecule has 39 heavy (non-hydrogen) atoms. The van der Waals surface area contributed by atoms with Gasteiger partial charge >= 0.3 is 18.0 Å². The first kappa shape index (κ1) is 30.4. The molecule has 2 aliphatic rings. The number of benzene rings is 2. The minimum Gasteiger partial charge on any atom is -0.422 e. The Hall–Kier alpha value is -3.14. The SMILES string of the molecule is CC.CN1Cc2c(Cl)cc(Cl)cc2C(c2ccc(NC(=O)NCCC(=O)C3C(=O)OC(C)(C)OC3=O)cc2)C1. The summed E-state index contributed by atoms with van der Waals surface area (Å²) in [5.41, 5.74) is 3.76. The molecule has 2 heterocycles. The summed E-state index contributed by atoms with van der Waals surface area (Å²) in [4.78, 5) is 50.8. The number of ketones is 1. The third-order valence-electron chi connectivity index (χ3n) is 6.21. The van der Waals surface area contributed by atoms with Crippen LogP contribution in [0.3, 0.4) is 0 Å². The van der Waals surface area contributed by atoms with Crippen molar-refractivity contribution in [3.05, 3.63) is 63.1 Å². The molecular formula is C28H33Cl2N3O6. The third kappa shape index (κ3) is 7.50. The van der Waals surface area contributed by atoms with Crippen LogP contribution in [0.15, 0.2) is 36.4 Å². The number of hydrogen-bond donors (Lipinski definition) is 2. The summed E-state index contributed by atoms with van der Waals surface area (Å²) >= 11 is 12.7. The number of carbonyl (C=O) groups is 4. The van der Waals surface area contributed by atoms with Crippen molar-refractivity contribution in [2.24, 2.45) is 5.92 Å². The van der Waals surface area contributed by atoms with Gasteiger partial charge in [0.15, 0.2) is 5.78 Å². The quantitative estimate of drug-likeness (QED) is 0.361. The fourth-order valence-corrected chi connectivity index (χ4v) is 5.10. The van der Waals surface area contributed by atoms with Crippen molar-refractivity contribution in [3.63, 3.8) is 0 Å². The van der Waals surface area contributed by atoms with Crippen molar-refractivity contribution >= 4 is 52.6 Å². The highest BCUT2D eigenvalue weighted by molar-refractivity contribution is 6.35. The molecule has 2 N–H and O–H groups in total. The van der Waals surface area contributed by atoms with Crippen molar-refractivity contribution in [2.75, 3.05) is 25.5 Å². The number of rotatable bonds is 6. The normalized spacial score (nSPS) is 18.6. The number of nitrogens with one attached hydrogen (secondary N) is 2. The van der Waals surface area contributed by atoms with Crippen LogP contribution in [0.1, 0.15) is 56.7 Å². The van der Waals surface area contributed by atoms with Gasteiger partial charge in [0.2, 0.25) is 5.92 Å². The van der Waals surface area contributed by atoms with E-state index in [0.29, 0.717) is 15.7 Å². The first-order valence-corrected chi connectivity index (χ1v) is 13.5. The molecule has 1 atom stereocenters. The van der Waals surface area contributed by atoms with Gasteiger partial charge in [0, 0.05) is 61.6 Å². The number of nitrogens with zero attached hydrogens (tertiary/aromatic N) is 1. The third-order valence-corrected chi connectivity index (χ3v) is 6.76.